The lowest BCUT2D eigenvalue weighted by atomic mass is 9.82. The maximum atomic E-state index is 13.5. The Balaban J connectivity index is 1.60. The lowest BCUT2D eigenvalue weighted by Crippen LogP contribution is -2.22. The summed E-state index contributed by atoms with van der Waals surface area (Å²) in [6.07, 6.45) is 1.54. The Kier molecular flexibility index (Phi) is 4.81. The number of benzene rings is 4. The quantitative estimate of drug-likeness (QED) is 0.270. The minimum absolute atomic E-state index is 0.115. The summed E-state index contributed by atoms with van der Waals surface area (Å²) >= 11 is 0. The number of fused-ring (bicyclic) bond motifs is 4. The number of ether oxygens (including phenoxy) is 2. The molecule has 0 amide bonds. The van der Waals surface area contributed by atoms with E-state index >= 15 is 0 Å². The molecule has 0 spiro atoms. The van der Waals surface area contributed by atoms with E-state index in [1.165, 1.54) is 18.4 Å². The smallest absolute Gasteiger partial charge is 0.312 e. The fourth-order valence-electron chi connectivity index (χ4n) is 4.94. The van der Waals surface area contributed by atoms with Crippen LogP contribution in [-0.2, 0) is 4.79 Å². The average Bonchev–Trinajstić information content (AvgIpc) is 2.88. The number of hydrogen-bond donors (Lipinski definition) is 1. The fraction of sp³-hybridized carbons (Fsp3) is 0.103. The number of phenolic OH excluding ortho intramolecular Hbond substituents is 1. The lowest BCUT2D eigenvalue weighted by molar-refractivity contribution is -0.135. The van der Waals surface area contributed by atoms with E-state index in [9.17, 15) is 14.7 Å². The molecule has 0 bridgehead atoms. The molecule has 2 heterocycles. The van der Waals surface area contributed by atoms with Gasteiger partial charge in [0.2, 0.25) is 5.43 Å². The van der Waals surface area contributed by atoms with Crippen LogP contribution in [0.1, 0.15) is 23.5 Å². The first-order chi connectivity index (χ1) is 17.0. The molecule has 0 saturated heterocycles. The van der Waals surface area contributed by atoms with E-state index in [-0.39, 0.29) is 29.5 Å². The highest BCUT2D eigenvalue weighted by atomic mass is 16.5. The summed E-state index contributed by atoms with van der Waals surface area (Å²) in [5.74, 6) is 0.535. The van der Waals surface area contributed by atoms with Crippen LogP contribution < -0.4 is 14.9 Å². The predicted octanol–water partition coefficient (Wildman–Crippen LogP) is 5.77. The van der Waals surface area contributed by atoms with E-state index in [1.54, 1.807) is 31.4 Å². The Morgan fingerprint density at radius 3 is 2.43 bits per heavy atom. The zero-order valence-electron chi connectivity index (χ0n) is 18.8. The maximum absolute atomic E-state index is 13.5. The number of rotatable bonds is 3. The summed E-state index contributed by atoms with van der Waals surface area (Å²) in [4.78, 5) is 26.0. The van der Waals surface area contributed by atoms with Crippen molar-refractivity contribution >= 4 is 27.7 Å². The SMILES string of the molecule is COc1ccc([C@H]2CC(=O)Oc3ccc4c(=O)c(-c5ccc(O)cc5)coc4c32)c2ccccc12. The Morgan fingerprint density at radius 2 is 1.66 bits per heavy atom. The lowest BCUT2D eigenvalue weighted by Gasteiger charge is -2.26. The van der Waals surface area contributed by atoms with Gasteiger partial charge in [-0.1, -0.05) is 42.5 Å². The summed E-state index contributed by atoms with van der Waals surface area (Å²) in [5.41, 5.74) is 2.82. The topological polar surface area (TPSA) is 86.0 Å². The number of carbonyl (C=O) groups excluding carboxylic acids is 1. The number of aromatic hydroxyl groups is 1. The maximum Gasteiger partial charge on any atom is 0.312 e. The van der Waals surface area contributed by atoms with Gasteiger partial charge in [-0.05, 0) is 46.8 Å². The number of carbonyl (C=O) groups is 1. The van der Waals surface area contributed by atoms with Gasteiger partial charge < -0.3 is 19.0 Å². The van der Waals surface area contributed by atoms with Gasteiger partial charge in [-0.25, -0.2) is 0 Å². The van der Waals surface area contributed by atoms with Gasteiger partial charge in [-0.2, -0.15) is 0 Å². The van der Waals surface area contributed by atoms with E-state index in [1.807, 2.05) is 36.4 Å². The van der Waals surface area contributed by atoms with Crippen molar-refractivity contribution in [3.05, 3.63) is 100 Å². The van der Waals surface area contributed by atoms with Crippen molar-refractivity contribution in [1.29, 1.82) is 0 Å². The molecule has 1 atom stereocenters. The minimum Gasteiger partial charge on any atom is -0.508 e. The van der Waals surface area contributed by atoms with Crippen LogP contribution in [0, 0.1) is 0 Å². The van der Waals surface area contributed by atoms with E-state index in [2.05, 4.69) is 0 Å². The molecule has 172 valence electrons. The summed E-state index contributed by atoms with van der Waals surface area (Å²) in [6.45, 7) is 0. The molecule has 5 aromatic rings. The molecule has 1 aromatic heterocycles. The normalized spacial score (nSPS) is 15.1. The molecule has 6 rings (SSSR count). The van der Waals surface area contributed by atoms with Crippen molar-refractivity contribution in [1.82, 2.24) is 0 Å². The van der Waals surface area contributed by atoms with Crippen LogP contribution in [0.15, 0.2) is 88.3 Å². The van der Waals surface area contributed by atoms with E-state index < -0.39 is 0 Å². The van der Waals surface area contributed by atoms with Crippen LogP contribution >= 0.6 is 0 Å². The van der Waals surface area contributed by atoms with E-state index in [0.29, 0.717) is 33.4 Å². The second-order valence-electron chi connectivity index (χ2n) is 8.51. The largest absolute Gasteiger partial charge is 0.508 e. The second-order valence-corrected chi connectivity index (χ2v) is 8.51. The van der Waals surface area contributed by atoms with Gasteiger partial charge in [-0.3, -0.25) is 9.59 Å². The molecule has 4 aromatic carbocycles. The minimum atomic E-state index is -0.367. The highest BCUT2D eigenvalue weighted by molar-refractivity contribution is 5.95. The average molecular weight is 464 g/mol. The third-order valence-corrected chi connectivity index (χ3v) is 6.57. The molecule has 0 radical (unpaired) electrons. The van der Waals surface area contributed by atoms with Gasteiger partial charge in [0.1, 0.15) is 29.1 Å². The number of hydrogen-bond acceptors (Lipinski definition) is 6. The summed E-state index contributed by atoms with van der Waals surface area (Å²) < 4.78 is 17.2. The second kappa shape index (κ2) is 8.02. The number of methoxy groups -OCH3 is 1. The summed E-state index contributed by atoms with van der Waals surface area (Å²) in [7, 11) is 1.63. The molecule has 1 aliphatic heterocycles. The van der Waals surface area contributed by atoms with Gasteiger partial charge >= 0.3 is 5.97 Å². The first kappa shape index (κ1) is 21.0. The first-order valence-corrected chi connectivity index (χ1v) is 11.2. The van der Waals surface area contributed by atoms with E-state index in [4.69, 9.17) is 13.9 Å². The van der Waals surface area contributed by atoms with Crippen LogP contribution in [0.3, 0.4) is 0 Å². The number of esters is 1. The summed E-state index contributed by atoms with van der Waals surface area (Å²) in [6, 6.07) is 21.4. The van der Waals surface area contributed by atoms with Gasteiger partial charge in [0.25, 0.3) is 0 Å². The van der Waals surface area contributed by atoms with Crippen molar-refractivity contribution in [2.75, 3.05) is 7.11 Å². The predicted molar refractivity (Wildman–Crippen MR) is 132 cm³/mol. The van der Waals surface area contributed by atoms with Crippen LogP contribution in [0.25, 0.3) is 32.9 Å². The van der Waals surface area contributed by atoms with Crippen molar-refractivity contribution < 1.29 is 23.8 Å². The molecular weight excluding hydrogens is 444 g/mol. The van der Waals surface area contributed by atoms with Crippen molar-refractivity contribution in [2.45, 2.75) is 12.3 Å². The molecule has 6 nitrogen and oxygen atoms in total. The van der Waals surface area contributed by atoms with Crippen LogP contribution in [0.2, 0.25) is 0 Å². The van der Waals surface area contributed by atoms with Gasteiger partial charge in [0.15, 0.2) is 0 Å². The Labute approximate surface area is 200 Å². The molecule has 6 heteroatoms. The highest BCUT2D eigenvalue weighted by Gasteiger charge is 2.33. The number of phenols is 1. The van der Waals surface area contributed by atoms with Crippen molar-refractivity contribution in [2.24, 2.45) is 0 Å². The van der Waals surface area contributed by atoms with Crippen LogP contribution in [0.4, 0.5) is 0 Å². The van der Waals surface area contributed by atoms with Crippen LogP contribution in [-0.4, -0.2) is 18.2 Å². The molecule has 35 heavy (non-hydrogen) atoms. The highest BCUT2D eigenvalue weighted by Crippen LogP contribution is 2.45. The zero-order valence-corrected chi connectivity index (χ0v) is 18.8. The molecule has 1 N–H and O–H groups in total. The molecule has 1 aliphatic rings. The zero-order chi connectivity index (χ0) is 24.1. The third-order valence-electron chi connectivity index (χ3n) is 6.57. The van der Waals surface area contributed by atoms with Crippen LogP contribution in [0.5, 0.6) is 17.2 Å². The summed E-state index contributed by atoms with van der Waals surface area (Å²) in [5, 5.41) is 11.9. The van der Waals surface area contributed by atoms with Gasteiger partial charge in [0.05, 0.1) is 24.5 Å². The molecule has 0 fully saturated rings. The molecule has 0 saturated carbocycles. The fourth-order valence-corrected chi connectivity index (χ4v) is 4.94. The van der Waals surface area contributed by atoms with Gasteiger partial charge in [-0.15, -0.1) is 0 Å². The molecular formula is C29H20O6. The Bertz CT molecular complexity index is 1680. The first-order valence-electron chi connectivity index (χ1n) is 11.2. The van der Waals surface area contributed by atoms with E-state index in [0.717, 1.165) is 22.1 Å². The van der Waals surface area contributed by atoms with Gasteiger partial charge in [0, 0.05) is 16.9 Å². The third kappa shape index (κ3) is 3.34. The molecule has 0 unspecified atom stereocenters. The Morgan fingerprint density at radius 1 is 0.886 bits per heavy atom. The Hall–Kier alpha value is -4.58. The van der Waals surface area contributed by atoms with Crippen molar-refractivity contribution in [3.63, 3.8) is 0 Å². The monoisotopic (exact) mass is 464 g/mol. The standard InChI is InChI=1S/C29H20O6/c1-33-24-12-10-19(18-4-2-3-5-20(18)24)22-14-26(31)35-25-13-11-21-28(32)23(15-34-29(21)27(22)25)16-6-8-17(30)9-7-16/h2-13,15,22,30H,14H2,1H3/t22-/m1/s1. The van der Waals surface area contributed by atoms with Crippen molar-refractivity contribution in [3.8, 4) is 28.4 Å². The molecule has 0 aliphatic carbocycles.